The Morgan fingerprint density at radius 2 is 2.06 bits per heavy atom. The summed E-state index contributed by atoms with van der Waals surface area (Å²) in [5.74, 6) is 2.55. The SMILES string of the molecule is COc1cccc2c3c(oc12)CN(C/C=C/COc1ccc2ccc(=O)[nH]c2c1)CC3. The summed E-state index contributed by atoms with van der Waals surface area (Å²) in [4.78, 5) is 16.7. The minimum atomic E-state index is -0.114. The highest BCUT2D eigenvalue weighted by molar-refractivity contribution is 5.87. The molecule has 2 aromatic heterocycles. The molecule has 6 heteroatoms. The molecule has 0 amide bonds. The first-order valence-electron chi connectivity index (χ1n) is 10.4. The van der Waals surface area contributed by atoms with Crippen LogP contribution in [-0.4, -0.2) is 36.7 Å². The van der Waals surface area contributed by atoms with Gasteiger partial charge in [-0.2, -0.15) is 0 Å². The number of para-hydroxylation sites is 1. The van der Waals surface area contributed by atoms with Gasteiger partial charge in [0.2, 0.25) is 5.56 Å². The van der Waals surface area contributed by atoms with E-state index < -0.39 is 0 Å². The lowest BCUT2D eigenvalue weighted by molar-refractivity contribution is 0.254. The van der Waals surface area contributed by atoms with Gasteiger partial charge in [-0.3, -0.25) is 9.69 Å². The van der Waals surface area contributed by atoms with Crippen LogP contribution in [0, 0.1) is 0 Å². The van der Waals surface area contributed by atoms with Crippen molar-refractivity contribution in [1.82, 2.24) is 9.88 Å². The maximum absolute atomic E-state index is 11.5. The number of furan rings is 1. The number of H-pyrrole nitrogens is 1. The van der Waals surface area contributed by atoms with Crippen LogP contribution in [0.3, 0.4) is 0 Å². The van der Waals surface area contributed by atoms with Gasteiger partial charge >= 0.3 is 0 Å². The number of fused-ring (bicyclic) bond motifs is 4. The minimum absolute atomic E-state index is 0.114. The van der Waals surface area contributed by atoms with E-state index in [-0.39, 0.29) is 5.56 Å². The van der Waals surface area contributed by atoms with Crippen LogP contribution in [0.15, 0.2) is 69.9 Å². The highest BCUT2D eigenvalue weighted by Crippen LogP contribution is 2.35. The van der Waals surface area contributed by atoms with Crippen LogP contribution in [-0.2, 0) is 13.0 Å². The average molecular weight is 416 g/mol. The topological polar surface area (TPSA) is 67.7 Å². The Balaban J connectivity index is 1.18. The molecule has 6 nitrogen and oxygen atoms in total. The Morgan fingerprint density at radius 1 is 1.16 bits per heavy atom. The first-order valence-corrected chi connectivity index (χ1v) is 10.4. The fourth-order valence-electron chi connectivity index (χ4n) is 4.12. The van der Waals surface area contributed by atoms with Crippen molar-refractivity contribution < 1.29 is 13.9 Å². The number of hydrogen-bond acceptors (Lipinski definition) is 5. The zero-order chi connectivity index (χ0) is 21.2. The van der Waals surface area contributed by atoms with E-state index in [0.29, 0.717) is 6.61 Å². The van der Waals surface area contributed by atoms with E-state index >= 15 is 0 Å². The molecule has 0 unspecified atom stereocenters. The van der Waals surface area contributed by atoms with Gasteiger partial charge in [-0.25, -0.2) is 0 Å². The Hall–Kier alpha value is -3.51. The van der Waals surface area contributed by atoms with Crippen molar-refractivity contribution in [3.8, 4) is 11.5 Å². The molecule has 31 heavy (non-hydrogen) atoms. The quantitative estimate of drug-likeness (QED) is 0.475. The predicted molar refractivity (Wildman–Crippen MR) is 121 cm³/mol. The number of aromatic nitrogens is 1. The number of benzene rings is 2. The van der Waals surface area contributed by atoms with Crippen LogP contribution in [0.25, 0.3) is 21.9 Å². The summed E-state index contributed by atoms with van der Waals surface area (Å²) >= 11 is 0. The summed E-state index contributed by atoms with van der Waals surface area (Å²) in [7, 11) is 1.67. The van der Waals surface area contributed by atoms with Crippen molar-refractivity contribution in [3.63, 3.8) is 0 Å². The number of nitrogens with zero attached hydrogens (tertiary/aromatic N) is 1. The van der Waals surface area contributed by atoms with Crippen LogP contribution in [0.1, 0.15) is 11.3 Å². The Kier molecular flexibility index (Phi) is 5.22. The first kappa shape index (κ1) is 19.5. The van der Waals surface area contributed by atoms with Gasteiger partial charge in [-0.1, -0.05) is 24.3 Å². The van der Waals surface area contributed by atoms with Gasteiger partial charge < -0.3 is 18.9 Å². The van der Waals surface area contributed by atoms with E-state index in [1.807, 2.05) is 36.4 Å². The molecule has 0 fully saturated rings. The minimum Gasteiger partial charge on any atom is -0.493 e. The van der Waals surface area contributed by atoms with Crippen LogP contribution >= 0.6 is 0 Å². The third-order valence-corrected chi connectivity index (χ3v) is 5.70. The summed E-state index contributed by atoms with van der Waals surface area (Å²) in [6.45, 7) is 3.09. The first-order chi connectivity index (χ1) is 15.2. The molecule has 0 saturated heterocycles. The molecule has 2 aromatic carbocycles. The van der Waals surface area contributed by atoms with E-state index in [1.54, 1.807) is 13.2 Å². The van der Waals surface area contributed by atoms with Gasteiger partial charge in [0.15, 0.2) is 11.3 Å². The smallest absolute Gasteiger partial charge is 0.248 e. The third-order valence-electron chi connectivity index (χ3n) is 5.70. The molecule has 1 N–H and O–H groups in total. The summed E-state index contributed by atoms with van der Waals surface area (Å²) < 4.78 is 17.4. The van der Waals surface area contributed by atoms with Crippen LogP contribution in [0.5, 0.6) is 11.5 Å². The fraction of sp³-hybridized carbons (Fsp3) is 0.240. The number of ether oxygens (including phenoxy) is 2. The number of hydrogen-bond donors (Lipinski definition) is 1. The van der Waals surface area contributed by atoms with Gasteiger partial charge in [0.05, 0.1) is 19.2 Å². The Labute approximate surface area is 179 Å². The van der Waals surface area contributed by atoms with Crippen LogP contribution < -0.4 is 15.0 Å². The molecule has 0 spiro atoms. The van der Waals surface area contributed by atoms with Crippen molar-refractivity contribution in [2.75, 3.05) is 26.8 Å². The zero-order valence-corrected chi connectivity index (χ0v) is 17.4. The van der Waals surface area contributed by atoms with E-state index in [1.165, 1.54) is 11.6 Å². The monoisotopic (exact) mass is 416 g/mol. The molecule has 3 heterocycles. The summed E-state index contributed by atoms with van der Waals surface area (Å²) in [5.41, 5.74) is 2.81. The Bertz CT molecular complexity index is 1320. The van der Waals surface area contributed by atoms with E-state index in [4.69, 9.17) is 13.9 Å². The van der Waals surface area contributed by atoms with Crippen molar-refractivity contribution in [2.45, 2.75) is 13.0 Å². The average Bonchev–Trinajstić information content (AvgIpc) is 3.16. The fourth-order valence-corrected chi connectivity index (χ4v) is 4.12. The molecular weight excluding hydrogens is 392 g/mol. The molecule has 0 atom stereocenters. The zero-order valence-electron chi connectivity index (χ0n) is 17.4. The van der Waals surface area contributed by atoms with E-state index in [0.717, 1.165) is 65.2 Å². The largest absolute Gasteiger partial charge is 0.493 e. The predicted octanol–water partition coefficient (Wildman–Crippen LogP) is 4.28. The molecule has 0 aliphatic carbocycles. The summed E-state index contributed by atoms with van der Waals surface area (Å²) in [6, 6.07) is 15.1. The second-order valence-electron chi connectivity index (χ2n) is 7.68. The van der Waals surface area contributed by atoms with Gasteiger partial charge in [-0.05, 0) is 36.1 Å². The molecule has 1 aliphatic rings. The van der Waals surface area contributed by atoms with Gasteiger partial charge in [0, 0.05) is 36.2 Å². The number of methoxy groups -OCH3 is 1. The molecule has 0 radical (unpaired) electrons. The van der Waals surface area contributed by atoms with Gasteiger partial charge in [0.1, 0.15) is 18.1 Å². The number of rotatable bonds is 6. The number of nitrogens with one attached hydrogen (secondary N) is 1. The van der Waals surface area contributed by atoms with Crippen molar-refractivity contribution >= 4 is 21.9 Å². The van der Waals surface area contributed by atoms with Gasteiger partial charge in [-0.15, -0.1) is 0 Å². The number of aromatic amines is 1. The van der Waals surface area contributed by atoms with E-state index in [9.17, 15) is 4.79 Å². The highest BCUT2D eigenvalue weighted by atomic mass is 16.5. The Morgan fingerprint density at radius 3 is 2.97 bits per heavy atom. The van der Waals surface area contributed by atoms with Crippen molar-refractivity contribution in [1.29, 1.82) is 0 Å². The number of pyridine rings is 1. The maximum Gasteiger partial charge on any atom is 0.248 e. The van der Waals surface area contributed by atoms with E-state index in [2.05, 4.69) is 22.0 Å². The normalized spacial score (nSPS) is 14.4. The molecule has 5 rings (SSSR count). The molecule has 158 valence electrons. The second-order valence-corrected chi connectivity index (χ2v) is 7.68. The van der Waals surface area contributed by atoms with Crippen molar-refractivity contribution in [3.05, 3.63) is 82.4 Å². The maximum atomic E-state index is 11.5. The van der Waals surface area contributed by atoms with Gasteiger partial charge in [0.25, 0.3) is 0 Å². The lowest BCUT2D eigenvalue weighted by Crippen LogP contribution is -2.30. The standard InChI is InChI=1S/C25H24N2O4/c1-29-22-6-4-5-20-19-11-13-27(16-23(19)31-25(20)22)12-2-3-14-30-18-9-7-17-8-10-24(28)26-21(17)15-18/h2-10,15H,11-14,16H2,1H3,(H,26,28)/b3-2+. The van der Waals surface area contributed by atoms with Crippen LogP contribution in [0.4, 0.5) is 0 Å². The molecular formula is C25H24N2O4. The van der Waals surface area contributed by atoms with Crippen molar-refractivity contribution in [2.24, 2.45) is 0 Å². The second kappa shape index (κ2) is 8.32. The lowest BCUT2D eigenvalue weighted by Gasteiger charge is -2.24. The molecule has 0 bridgehead atoms. The summed E-state index contributed by atoms with van der Waals surface area (Å²) in [6.07, 6.45) is 5.11. The molecule has 4 aromatic rings. The van der Waals surface area contributed by atoms with Crippen LogP contribution in [0.2, 0.25) is 0 Å². The highest BCUT2D eigenvalue weighted by Gasteiger charge is 2.23. The summed E-state index contributed by atoms with van der Waals surface area (Å²) in [5, 5.41) is 2.14. The molecule has 0 saturated carbocycles. The molecule has 1 aliphatic heterocycles. The lowest BCUT2D eigenvalue weighted by atomic mass is 10.0. The third kappa shape index (κ3) is 3.94.